The van der Waals surface area contributed by atoms with Gasteiger partial charge in [-0.1, -0.05) is 152 Å². The maximum atomic E-state index is 5.29. The molecule has 4 saturated carbocycles. The second kappa shape index (κ2) is 12.4. The van der Waals surface area contributed by atoms with E-state index in [1.807, 2.05) is 6.07 Å². The molecule has 0 aliphatic heterocycles. The van der Waals surface area contributed by atoms with E-state index < -0.39 is 0 Å². The molecular weight excluding hydrogens is 677 g/mol. The molecule has 1 spiro atoms. The summed E-state index contributed by atoms with van der Waals surface area (Å²) in [4.78, 5) is 10.4. The number of nitrogens with zero attached hydrogens (tertiary/aromatic N) is 2. The molecule has 4 bridgehead atoms. The van der Waals surface area contributed by atoms with Gasteiger partial charge in [0.05, 0.1) is 11.4 Å². The molecule has 8 aromatic rings. The van der Waals surface area contributed by atoms with Crippen LogP contribution in [0.5, 0.6) is 0 Å². The molecule has 1 aromatic heterocycles. The molecule has 0 unspecified atom stereocenters. The van der Waals surface area contributed by atoms with Gasteiger partial charge in [0.2, 0.25) is 0 Å². The molecule has 2 nitrogen and oxygen atoms in total. The fourth-order valence-electron chi connectivity index (χ4n) is 12.1. The van der Waals surface area contributed by atoms with Crippen molar-refractivity contribution in [2.75, 3.05) is 0 Å². The highest BCUT2D eigenvalue weighted by atomic mass is 14.9. The van der Waals surface area contributed by atoms with Gasteiger partial charge in [-0.25, -0.2) is 9.97 Å². The Balaban J connectivity index is 1.08. The van der Waals surface area contributed by atoms with Gasteiger partial charge in [0, 0.05) is 22.1 Å². The van der Waals surface area contributed by atoms with Crippen LogP contribution >= 0.6 is 0 Å². The Morgan fingerprint density at radius 2 is 0.893 bits per heavy atom. The summed E-state index contributed by atoms with van der Waals surface area (Å²) in [6.07, 6.45) is 6.96. The average Bonchev–Trinajstić information content (AvgIpc) is 3.54. The van der Waals surface area contributed by atoms with E-state index in [9.17, 15) is 0 Å². The summed E-state index contributed by atoms with van der Waals surface area (Å²) in [5, 5.41) is 2.71. The zero-order valence-electron chi connectivity index (χ0n) is 31.4. The molecule has 56 heavy (non-hydrogen) atoms. The minimum absolute atomic E-state index is 0.0909. The standard InChI is InChI=1S/C54H42N2/c1-3-14-36(15-4-1)50-33-51(56-53(55-50)37-16-5-2-6-17-37)45-23-12-11-21-43(45)42-20-9-10-22-44(42)46-24-13-25-48-52(46)47-31-38-18-7-8-19-39(38)32-49(47)54(48)40-27-34-26-35(29-40)30-41(54)28-34/h1-25,31-35,40-41H,26-30H2. The zero-order valence-corrected chi connectivity index (χ0v) is 31.4. The molecule has 268 valence electrons. The number of aromatic nitrogens is 2. The molecule has 4 fully saturated rings. The molecule has 0 amide bonds. The summed E-state index contributed by atoms with van der Waals surface area (Å²) in [7, 11) is 0. The monoisotopic (exact) mass is 718 g/mol. The number of hydrogen-bond acceptors (Lipinski definition) is 2. The second-order valence-electron chi connectivity index (χ2n) is 16.9. The lowest BCUT2D eigenvalue weighted by Crippen LogP contribution is -2.55. The van der Waals surface area contributed by atoms with Crippen LogP contribution in [0.25, 0.3) is 78.1 Å². The fraction of sp³-hybridized carbons (Fsp3) is 0.185. The summed E-state index contributed by atoms with van der Waals surface area (Å²) < 4.78 is 0. The van der Waals surface area contributed by atoms with Crippen molar-refractivity contribution in [3.63, 3.8) is 0 Å². The van der Waals surface area contributed by atoms with Crippen molar-refractivity contribution in [1.82, 2.24) is 9.97 Å². The lowest BCUT2D eigenvalue weighted by atomic mass is 9.43. The Morgan fingerprint density at radius 1 is 0.375 bits per heavy atom. The molecular formula is C54H42N2. The van der Waals surface area contributed by atoms with Crippen molar-refractivity contribution in [3.05, 3.63) is 181 Å². The Hall–Kier alpha value is -6.12. The van der Waals surface area contributed by atoms with E-state index in [4.69, 9.17) is 9.97 Å². The molecule has 0 saturated heterocycles. The van der Waals surface area contributed by atoms with E-state index >= 15 is 0 Å². The van der Waals surface area contributed by atoms with Crippen LogP contribution in [0, 0.1) is 23.7 Å². The lowest BCUT2D eigenvalue weighted by Gasteiger charge is -2.61. The third-order valence-electron chi connectivity index (χ3n) is 14.1. The van der Waals surface area contributed by atoms with Crippen molar-refractivity contribution in [2.24, 2.45) is 23.7 Å². The molecule has 0 atom stereocenters. The number of fused-ring (bicyclic) bond motifs is 4. The van der Waals surface area contributed by atoms with Gasteiger partial charge in [0.1, 0.15) is 0 Å². The van der Waals surface area contributed by atoms with Gasteiger partial charge in [-0.2, -0.15) is 0 Å². The predicted molar refractivity (Wildman–Crippen MR) is 230 cm³/mol. The van der Waals surface area contributed by atoms with Crippen LogP contribution < -0.4 is 0 Å². The molecule has 2 heteroatoms. The summed E-state index contributed by atoms with van der Waals surface area (Å²) in [5.41, 5.74) is 16.3. The van der Waals surface area contributed by atoms with Crippen LogP contribution in [-0.4, -0.2) is 9.97 Å². The highest BCUT2D eigenvalue weighted by molar-refractivity contribution is 6.02. The molecule has 7 aromatic carbocycles. The van der Waals surface area contributed by atoms with E-state index in [1.165, 1.54) is 76.3 Å². The van der Waals surface area contributed by atoms with Crippen LogP contribution in [0.4, 0.5) is 0 Å². The maximum absolute atomic E-state index is 5.29. The minimum Gasteiger partial charge on any atom is -0.228 e. The molecule has 0 N–H and O–H groups in total. The topological polar surface area (TPSA) is 25.8 Å². The number of benzene rings is 7. The van der Waals surface area contributed by atoms with Crippen LogP contribution in [-0.2, 0) is 5.41 Å². The highest BCUT2D eigenvalue weighted by Gasteiger charge is 2.61. The Labute approximate surface area is 329 Å². The van der Waals surface area contributed by atoms with Crippen molar-refractivity contribution in [2.45, 2.75) is 37.5 Å². The summed E-state index contributed by atoms with van der Waals surface area (Å²) in [5.74, 6) is 3.96. The molecule has 1 heterocycles. The maximum Gasteiger partial charge on any atom is 0.160 e. The van der Waals surface area contributed by atoms with Crippen molar-refractivity contribution < 1.29 is 0 Å². The smallest absolute Gasteiger partial charge is 0.160 e. The first-order valence-corrected chi connectivity index (χ1v) is 20.6. The first-order valence-electron chi connectivity index (χ1n) is 20.6. The molecule has 5 aliphatic rings. The van der Waals surface area contributed by atoms with Gasteiger partial charge < -0.3 is 0 Å². The first kappa shape index (κ1) is 32.2. The lowest BCUT2D eigenvalue weighted by molar-refractivity contribution is -0.0398. The van der Waals surface area contributed by atoms with Crippen LogP contribution in [0.15, 0.2) is 170 Å². The van der Waals surface area contributed by atoms with E-state index in [1.54, 1.807) is 11.1 Å². The number of hydrogen-bond donors (Lipinski definition) is 0. The van der Waals surface area contributed by atoms with Crippen LogP contribution in [0.1, 0.15) is 43.2 Å². The number of rotatable bonds is 5. The minimum atomic E-state index is 0.0909. The van der Waals surface area contributed by atoms with Gasteiger partial charge >= 0.3 is 0 Å². The third kappa shape index (κ3) is 4.75. The van der Waals surface area contributed by atoms with E-state index in [2.05, 4.69) is 164 Å². The van der Waals surface area contributed by atoms with Gasteiger partial charge in [0.25, 0.3) is 0 Å². The molecule has 0 radical (unpaired) electrons. The summed E-state index contributed by atoms with van der Waals surface area (Å²) in [6, 6.07) is 62.4. The molecule has 5 aliphatic carbocycles. The van der Waals surface area contributed by atoms with Crippen molar-refractivity contribution in [1.29, 1.82) is 0 Å². The Kier molecular flexibility index (Phi) is 7.15. The van der Waals surface area contributed by atoms with E-state index in [0.29, 0.717) is 11.8 Å². The molecule has 13 rings (SSSR count). The summed E-state index contributed by atoms with van der Waals surface area (Å²) in [6.45, 7) is 0. The van der Waals surface area contributed by atoms with Crippen LogP contribution in [0.3, 0.4) is 0 Å². The van der Waals surface area contributed by atoms with E-state index in [0.717, 1.165) is 45.7 Å². The van der Waals surface area contributed by atoms with Gasteiger partial charge in [-0.3, -0.25) is 0 Å². The largest absolute Gasteiger partial charge is 0.228 e. The Morgan fingerprint density at radius 3 is 1.57 bits per heavy atom. The third-order valence-corrected chi connectivity index (χ3v) is 14.1. The van der Waals surface area contributed by atoms with Crippen molar-refractivity contribution >= 4 is 10.8 Å². The fourth-order valence-corrected chi connectivity index (χ4v) is 12.1. The van der Waals surface area contributed by atoms with Gasteiger partial charge in [-0.15, -0.1) is 0 Å². The predicted octanol–water partition coefficient (Wildman–Crippen LogP) is 13.7. The quantitative estimate of drug-likeness (QED) is 0.177. The first-order chi connectivity index (χ1) is 27.7. The van der Waals surface area contributed by atoms with Gasteiger partial charge in [0.15, 0.2) is 5.82 Å². The van der Waals surface area contributed by atoms with Crippen molar-refractivity contribution in [3.8, 4) is 67.3 Å². The second-order valence-corrected chi connectivity index (χ2v) is 16.9. The van der Waals surface area contributed by atoms with Gasteiger partial charge in [-0.05, 0) is 129 Å². The average molecular weight is 719 g/mol. The Bertz CT molecular complexity index is 2730. The summed E-state index contributed by atoms with van der Waals surface area (Å²) >= 11 is 0. The van der Waals surface area contributed by atoms with E-state index in [-0.39, 0.29) is 5.41 Å². The van der Waals surface area contributed by atoms with Crippen LogP contribution in [0.2, 0.25) is 0 Å². The normalized spacial score (nSPS) is 22.7. The SMILES string of the molecule is c1ccc(-c2cc(-c3ccccc3-c3ccccc3-c3cccc4c3-c3cc5ccccc5cc3C43C4CC5CC(C4)CC3C5)nc(-c3ccccc3)n2)cc1. The zero-order chi connectivity index (χ0) is 36.8. The highest BCUT2D eigenvalue weighted by Crippen LogP contribution is 2.70.